The highest BCUT2D eigenvalue weighted by Crippen LogP contribution is 2.23. The van der Waals surface area contributed by atoms with Crippen LogP contribution in [0.4, 0.5) is 0 Å². The fraction of sp³-hybridized carbons (Fsp3) is 0.154. The van der Waals surface area contributed by atoms with E-state index < -0.39 is 10.0 Å². The number of hydrogen-bond acceptors (Lipinski definition) is 5. The molecule has 35 heavy (non-hydrogen) atoms. The molecule has 0 aliphatic heterocycles. The number of amides is 1. The molecule has 9 heteroatoms. The fourth-order valence-electron chi connectivity index (χ4n) is 3.58. The van der Waals surface area contributed by atoms with Crippen molar-refractivity contribution in [2.24, 2.45) is 0 Å². The monoisotopic (exact) mass is 490 g/mol. The molecule has 1 atom stereocenters. The van der Waals surface area contributed by atoms with Crippen molar-refractivity contribution in [2.45, 2.75) is 24.4 Å². The van der Waals surface area contributed by atoms with Crippen LogP contribution in [0.15, 0.2) is 96.4 Å². The van der Waals surface area contributed by atoms with Crippen molar-refractivity contribution in [3.05, 3.63) is 108 Å². The van der Waals surface area contributed by atoms with Crippen LogP contribution in [0.1, 0.15) is 34.5 Å². The van der Waals surface area contributed by atoms with Crippen LogP contribution in [0.5, 0.6) is 5.75 Å². The first kappa shape index (κ1) is 24.2. The quantitative estimate of drug-likeness (QED) is 0.371. The molecule has 0 radical (unpaired) electrons. The van der Waals surface area contributed by atoms with Crippen LogP contribution < -0.4 is 14.8 Å². The second-order valence-electron chi connectivity index (χ2n) is 7.93. The summed E-state index contributed by atoms with van der Waals surface area (Å²) in [5.41, 5.74) is 3.18. The summed E-state index contributed by atoms with van der Waals surface area (Å²) in [7, 11) is -2.32. The summed E-state index contributed by atoms with van der Waals surface area (Å²) >= 11 is 0. The number of sulfonamides is 1. The molecular formula is C26H26N4O4S. The molecule has 180 valence electrons. The van der Waals surface area contributed by atoms with E-state index in [4.69, 9.17) is 4.74 Å². The lowest BCUT2D eigenvalue weighted by molar-refractivity contribution is 0.0940. The van der Waals surface area contributed by atoms with Gasteiger partial charge in [-0.15, -0.1) is 0 Å². The molecule has 0 saturated heterocycles. The second kappa shape index (κ2) is 10.5. The van der Waals surface area contributed by atoms with Crippen molar-refractivity contribution in [3.63, 3.8) is 0 Å². The van der Waals surface area contributed by atoms with Crippen molar-refractivity contribution < 1.29 is 17.9 Å². The zero-order chi connectivity index (χ0) is 24.8. The van der Waals surface area contributed by atoms with Crippen molar-refractivity contribution >= 4 is 15.9 Å². The van der Waals surface area contributed by atoms with E-state index in [0.717, 1.165) is 16.8 Å². The Labute approximate surface area is 204 Å². The van der Waals surface area contributed by atoms with Gasteiger partial charge in [-0.05, 0) is 54.4 Å². The number of nitrogens with zero attached hydrogens (tertiary/aromatic N) is 2. The van der Waals surface area contributed by atoms with Crippen molar-refractivity contribution in [2.75, 3.05) is 7.11 Å². The highest BCUT2D eigenvalue weighted by atomic mass is 32.2. The minimum absolute atomic E-state index is 0.0746. The second-order valence-corrected chi connectivity index (χ2v) is 9.66. The van der Waals surface area contributed by atoms with Crippen LogP contribution in [0.2, 0.25) is 0 Å². The number of ether oxygens (including phenoxy) is 1. The molecule has 0 fully saturated rings. The molecule has 1 unspecified atom stereocenters. The molecule has 1 heterocycles. The summed E-state index contributed by atoms with van der Waals surface area (Å²) in [6, 6.07) is 20.9. The molecule has 1 amide bonds. The van der Waals surface area contributed by atoms with Gasteiger partial charge in [0, 0.05) is 30.2 Å². The van der Waals surface area contributed by atoms with E-state index in [2.05, 4.69) is 15.0 Å². The maximum atomic E-state index is 12.7. The van der Waals surface area contributed by atoms with Gasteiger partial charge in [0.1, 0.15) is 10.6 Å². The predicted molar refractivity (Wildman–Crippen MR) is 133 cm³/mol. The molecular weight excluding hydrogens is 464 g/mol. The van der Waals surface area contributed by atoms with Crippen LogP contribution in [-0.4, -0.2) is 31.0 Å². The summed E-state index contributed by atoms with van der Waals surface area (Å²) in [5, 5.41) is 2.99. The number of hydrogen-bond donors (Lipinski definition) is 2. The van der Waals surface area contributed by atoms with Gasteiger partial charge in [0.2, 0.25) is 10.0 Å². The summed E-state index contributed by atoms with van der Waals surface area (Å²) < 4.78 is 34.9. The van der Waals surface area contributed by atoms with E-state index >= 15 is 0 Å². The van der Waals surface area contributed by atoms with Crippen LogP contribution in [-0.2, 0) is 16.6 Å². The molecule has 4 aromatic rings. The SMILES string of the molecule is COc1ccccc1S(=O)(=O)NCc1ccc(C(=O)NC(C)c2ccc(-n3ccnc3)cc2)cc1. The van der Waals surface area contributed by atoms with E-state index in [1.54, 1.807) is 55.0 Å². The van der Waals surface area contributed by atoms with Crippen LogP contribution in [0, 0.1) is 0 Å². The lowest BCUT2D eigenvalue weighted by atomic mass is 10.1. The Hall–Kier alpha value is -3.95. The molecule has 0 bridgehead atoms. The van der Waals surface area contributed by atoms with Gasteiger partial charge >= 0.3 is 0 Å². The standard InChI is InChI=1S/C26H26N4O4S/c1-19(21-11-13-23(14-12-21)30-16-15-27-18-30)29-26(31)22-9-7-20(8-10-22)17-28-35(32,33)25-6-4-3-5-24(25)34-2/h3-16,18-19,28H,17H2,1-2H3,(H,29,31). The minimum Gasteiger partial charge on any atom is -0.495 e. The Kier molecular flexibility index (Phi) is 7.28. The highest BCUT2D eigenvalue weighted by Gasteiger charge is 2.18. The largest absolute Gasteiger partial charge is 0.495 e. The molecule has 8 nitrogen and oxygen atoms in total. The Bertz CT molecular complexity index is 1380. The molecule has 0 spiro atoms. The third-order valence-electron chi connectivity index (χ3n) is 5.58. The smallest absolute Gasteiger partial charge is 0.251 e. The number of nitrogens with one attached hydrogen (secondary N) is 2. The number of carbonyl (C=O) groups is 1. The lowest BCUT2D eigenvalue weighted by Crippen LogP contribution is -2.27. The number of aromatic nitrogens is 2. The fourth-order valence-corrected chi connectivity index (χ4v) is 4.77. The summed E-state index contributed by atoms with van der Waals surface area (Å²) in [5.74, 6) is 0.0647. The molecule has 0 aliphatic carbocycles. The van der Waals surface area contributed by atoms with Gasteiger partial charge in [-0.3, -0.25) is 4.79 Å². The van der Waals surface area contributed by atoms with Gasteiger partial charge < -0.3 is 14.6 Å². The molecule has 4 rings (SSSR count). The van der Waals surface area contributed by atoms with E-state index in [1.165, 1.54) is 13.2 Å². The topological polar surface area (TPSA) is 102 Å². The number of benzene rings is 3. The van der Waals surface area contributed by atoms with Gasteiger partial charge in [0.05, 0.1) is 19.5 Å². The number of methoxy groups -OCH3 is 1. The Morgan fingerprint density at radius 2 is 1.74 bits per heavy atom. The first-order valence-corrected chi connectivity index (χ1v) is 12.5. The van der Waals surface area contributed by atoms with E-state index in [9.17, 15) is 13.2 Å². The Morgan fingerprint density at radius 3 is 2.40 bits per heavy atom. The van der Waals surface area contributed by atoms with E-state index in [0.29, 0.717) is 5.56 Å². The summed E-state index contributed by atoms with van der Waals surface area (Å²) in [4.78, 5) is 16.8. The highest BCUT2D eigenvalue weighted by molar-refractivity contribution is 7.89. The van der Waals surface area contributed by atoms with Crippen molar-refractivity contribution in [1.29, 1.82) is 0 Å². The van der Waals surface area contributed by atoms with E-state index in [-0.39, 0.29) is 29.1 Å². The maximum absolute atomic E-state index is 12.7. The molecule has 3 aromatic carbocycles. The lowest BCUT2D eigenvalue weighted by Gasteiger charge is -2.15. The van der Waals surface area contributed by atoms with Gasteiger partial charge in [-0.2, -0.15) is 0 Å². The van der Waals surface area contributed by atoms with Crippen LogP contribution >= 0.6 is 0 Å². The van der Waals surface area contributed by atoms with Crippen molar-refractivity contribution in [3.8, 4) is 11.4 Å². The first-order valence-electron chi connectivity index (χ1n) is 11.0. The molecule has 2 N–H and O–H groups in total. The molecule has 0 aliphatic rings. The zero-order valence-electron chi connectivity index (χ0n) is 19.4. The van der Waals surface area contributed by atoms with Gasteiger partial charge in [0.25, 0.3) is 5.91 Å². The number of imidazole rings is 1. The van der Waals surface area contributed by atoms with Crippen molar-refractivity contribution in [1.82, 2.24) is 19.6 Å². The average Bonchev–Trinajstić information content (AvgIpc) is 3.43. The predicted octanol–water partition coefficient (Wildman–Crippen LogP) is 3.85. The third-order valence-corrected chi connectivity index (χ3v) is 7.02. The van der Waals surface area contributed by atoms with Crippen LogP contribution in [0.25, 0.3) is 5.69 Å². The Morgan fingerprint density at radius 1 is 1.03 bits per heavy atom. The Balaban J connectivity index is 1.35. The summed E-state index contributed by atoms with van der Waals surface area (Å²) in [6.07, 6.45) is 5.32. The molecule has 0 saturated carbocycles. The minimum atomic E-state index is -3.75. The number of carbonyl (C=O) groups excluding carboxylic acids is 1. The number of para-hydroxylation sites is 1. The van der Waals surface area contributed by atoms with E-state index in [1.807, 2.05) is 42.0 Å². The van der Waals surface area contributed by atoms with Gasteiger partial charge in [-0.25, -0.2) is 18.1 Å². The van der Waals surface area contributed by atoms with Gasteiger partial charge in [-0.1, -0.05) is 36.4 Å². The molecule has 1 aromatic heterocycles. The number of rotatable bonds is 9. The maximum Gasteiger partial charge on any atom is 0.251 e. The van der Waals surface area contributed by atoms with Crippen LogP contribution in [0.3, 0.4) is 0 Å². The zero-order valence-corrected chi connectivity index (χ0v) is 20.2. The normalized spacial score (nSPS) is 12.2. The third kappa shape index (κ3) is 5.76. The first-order chi connectivity index (χ1) is 16.9. The average molecular weight is 491 g/mol. The van der Waals surface area contributed by atoms with Gasteiger partial charge in [0.15, 0.2) is 0 Å². The summed E-state index contributed by atoms with van der Waals surface area (Å²) in [6.45, 7) is 2.01.